The zero-order valence-electron chi connectivity index (χ0n) is 8.53. The van der Waals surface area contributed by atoms with Gasteiger partial charge in [0, 0.05) is 12.1 Å². The molecule has 12 heavy (non-hydrogen) atoms. The summed E-state index contributed by atoms with van der Waals surface area (Å²) in [6, 6.07) is 0. The van der Waals surface area contributed by atoms with Gasteiger partial charge in [-0.3, -0.25) is 0 Å². The Labute approximate surface area is 81.1 Å². The maximum absolute atomic E-state index is 5.11. The molecule has 0 aromatic carbocycles. The molecule has 2 N–H and O–H groups in total. The zero-order chi connectivity index (χ0) is 9.61. The quantitative estimate of drug-likeness (QED) is 0.660. The molecule has 0 spiro atoms. The van der Waals surface area contributed by atoms with Crippen LogP contribution in [0.1, 0.15) is 40.5 Å². The van der Waals surface area contributed by atoms with Gasteiger partial charge in [0.2, 0.25) is 0 Å². The highest BCUT2D eigenvalue weighted by molar-refractivity contribution is 7.80. The molecular formula is C9H20N2S. The van der Waals surface area contributed by atoms with Crippen LogP contribution in [0.25, 0.3) is 0 Å². The second-order valence-corrected chi connectivity index (χ2v) is 4.03. The average Bonchev–Trinajstić information content (AvgIpc) is 2.00. The minimum absolute atomic E-state index is 0.109. The van der Waals surface area contributed by atoms with Crippen molar-refractivity contribution in [2.45, 2.75) is 46.1 Å². The van der Waals surface area contributed by atoms with E-state index in [1.54, 1.807) is 0 Å². The first-order chi connectivity index (χ1) is 5.52. The molecule has 0 aliphatic carbocycles. The summed E-state index contributed by atoms with van der Waals surface area (Å²) in [5.41, 5.74) is 0.109. The largest absolute Gasteiger partial charge is 0.363 e. The van der Waals surface area contributed by atoms with Gasteiger partial charge in [0.15, 0.2) is 5.11 Å². The lowest BCUT2D eigenvalue weighted by Crippen LogP contribution is -2.47. The molecule has 0 bridgehead atoms. The summed E-state index contributed by atoms with van der Waals surface area (Å²) in [6.07, 6.45) is 2.18. The molecule has 0 fully saturated rings. The highest BCUT2D eigenvalue weighted by Gasteiger charge is 2.14. The van der Waals surface area contributed by atoms with Gasteiger partial charge in [0.25, 0.3) is 0 Å². The molecular weight excluding hydrogens is 168 g/mol. The van der Waals surface area contributed by atoms with Gasteiger partial charge in [-0.15, -0.1) is 0 Å². The van der Waals surface area contributed by atoms with Crippen LogP contribution < -0.4 is 10.6 Å². The average molecular weight is 188 g/mol. The van der Waals surface area contributed by atoms with Gasteiger partial charge in [-0.05, 0) is 38.9 Å². The van der Waals surface area contributed by atoms with Gasteiger partial charge >= 0.3 is 0 Å². The molecule has 0 unspecified atom stereocenters. The predicted octanol–water partition coefficient (Wildman–Crippen LogP) is 2.05. The van der Waals surface area contributed by atoms with E-state index in [9.17, 15) is 0 Å². The van der Waals surface area contributed by atoms with E-state index in [1.807, 2.05) is 0 Å². The summed E-state index contributed by atoms with van der Waals surface area (Å²) in [7, 11) is 0. The van der Waals surface area contributed by atoms with Crippen LogP contribution in [-0.2, 0) is 0 Å². The molecule has 0 atom stereocenters. The first-order valence-corrected chi connectivity index (χ1v) is 4.98. The van der Waals surface area contributed by atoms with Crippen LogP contribution in [-0.4, -0.2) is 17.2 Å². The third kappa shape index (κ3) is 5.35. The number of hydrogen-bond acceptors (Lipinski definition) is 1. The lowest BCUT2D eigenvalue weighted by atomic mass is 10.0. The highest BCUT2D eigenvalue weighted by atomic mass is 32.1. The van der Waals surface area contributed by atoms with E-state index in [4.69, 9.17) is 12.2 Å². The minimum atomic E-state index is 0.109. The summed E-state index contributed by atoms with van der Waals surface area (Å²) in [5.74, 6) is 0. The summed E-state index contributed by atoms with van der Waals surface area (Å²) < 4.78 is 0. The second kappa shape index (κ2) is 5.36. The van der Waals surface area contributed by atoms with Crippen LogP contribution in [0.4, 0.5) is 0 Å². The number of hydrogen-bond donors (Lipinski definition) is 2. The number of thiocarbonyl (C=S) groups is 1. The van der Waals surface area contributed by atoms with Crippen LogP contribution in [0, 0.1) is 0 Å². The molecule has 3 heteroatoms. The maximum Gasteiger partial charge on any atom is 0.166 e. The fourth-order valence-corrected chi connectivity index (χ4v) is 1.06. The lowest BCUT2D eigenvalue weighted by molar-refractivity contribution is 0.442. The van der Waals surface area contributed by atoms with E-state index < -0.39 is 0 Å². The lowest BCUT2D eigenvalue weighted by Gasteiger charge is -2.26. The van der Waals surface area contributed by atoms with Crippen molar-refractivity contribution >= 4 is 17.3 Å². The Bertz CT molecular complexity index is 143. The highest BCUT2D eigenvalue weighted by Crippen LogP contribution is 2.05. The normalized spacial score (nSPS) is 11.0. The molecule has 0 saturated heterocycles. The van der Waals surface area contributed by atoms with Crippen LogP contribution in [0.5, 0.6) is 0 Å². The SMILES string of the molecule is CCCNC(=S)NC(C)(C)CC. The van der Waals surface area contributed by atoms with Crippen molar-refractivity contribution in [3.63, 3.8) is 0 Å². The molecule has 0 amide bonds. The van der Waals surface area contributed by atoms with Crippen LogP contribution >= 0.6 is 12.2 Å². The predicted molar refractivity (Wildman–Crippen MR) is 58.4 cm³/mol. The van der Waals surface area contributed by atoms with Crippen LogP contribution in [0.2, 0.25) is 0 Å². The first-order valence-electron chi connectivity index (χ1n) is 4.58. The summed E-state index contributed by atoms with van der Waals surface area (Å²) in [5, 5.41) is 7.17. The van der Waals surface area contributed by atoms with Crippen molar-refractivity contribution < 1.29 is 0 Å². The minimum Gasteiger partial charge on any atom is -0.363 e. The molecule has 0 aliphatic heterocycles. The van der Waals surface area contributed by atoms with Gasteiger partial charge in [0.1, 0.15) is 0 Å². The second-order valence-electron chi connectivity index (χ2n) is 3.62. The van der Waals surface area contributed by atoms with E-state index >= 15 is 0 Å². The Hall–Kier alpha value is -0.310. The fourth-order valence-electron chi connectivity index (χ4n) is 0.678. The fraction of sp³-hybridized carbons (Fsp3) is 0.889. The van der Waals surface area contributed by atoms with Crippen molar-refractivity contribution in [2.75, 3.05) is 6.54 Å². The Morgan fingerprint density at radius 1 is 1.33 bits per heavy atom. The molecule has 0 rings (SSSR count). The molecule has 0 aliphatic rings. The van der Waals surface area contributed by atoms with Crippen molar-refractivity contribution in [1.29, 1.82) is 0 Å². The molecule has 0 saturated carbocycles. The topological polar surface area (TPSA) is 24.1 Å². The third-order valence-electron chi connectivity index (χ3n) is 1.87. The van der Waals surface area contributed by atoms with E-state index in [1.165, 1.54) is 0 Å². The Balaban J connectivity index is 3.68. The van der Waals surface area contributed by atoms with Gasteiger partial charge in [-0.2, -0.15) is 0 Å². The Kier molecular flexibility index (Phi) is 5.22. The van der Waals surface area contributed by atoms with Crippen molar-refractivity contribution in [3.05, 3.63) is 0 Å². The van der Waals surface area contributed by atoms with Crippen molar-refractivity contribution in [2.24, 2.45) is 0 Å². The smallest absolute Gasteiger partial charge is 0.166 e. The molecule has 0 aromatic heterocycles. The molecule has 0 aromatic rings. The van der Waals surface area contributed by atoms with Gasteiger partial charge < -0.3 is 10.6 Å². The van der Waals surface area contributed by atoms with Gasteiger partial charge in [-0.25, -0.2) is 0 Å². The summed E-state index contributed by atoms with van der Waals surface area (Å²) in [6.45, 7) is 9.52. The molecule has 0 radical (unpaired) electrons. The first kappa shape index (κ1) is 11.7. The summed E-state index contributed by atoms with van der Waals surface area (Å²) >= 11 is 5.11. The zero-order valence-corrected chi connectivity index (χ0v) is 9.35. The van der Waals surface area contributed by atoms with Crippen LogP contribution in [0.15, 0.2) is 0 Å². The van der Waals surface area contributed by atoms with Crippen molar-refractivity contribution in [3.8, 4) is 0 Å². The van der Waals surface area contributed by atoms with Gasteiger partial charge in [0.05, 0.1) is 0 Å². The van der Waals surface area contributed by atoms with E-state index in [2.05, 4.69) is 38.3 Å². The summed E-state index contributed by atoms with van der Waals surface area (Å²) in [4.78, 5) is 0. The molecule has 72 valence electrons. The van der Waals surface area contributed by atoms with Crippen LogP contribution in [0.3, 0.4) is 0 Å². The monoisotopic (exact) mass is 188 g/mol. The Morgan fingerprint density at radius 3 is 2.33 bits per heavy atom. The standard InChI is InChI=1S/C9H20N2S/c1-5-7-10-8(12)11-9(3,4)6-2/h5-7H2,1-4H3,(H2,10,11,12). The molecule has 0 heterocycles. The van der Waals surface area contributed by atoms with E-state index in [-0.39, 0.29) is 5.54 Å². The van der Waals surface area contributed by atoms with Crippen molar-refractivity contribution in [1.82, 2.24) is 10.6 Å². The van der Waals surface area contributed by atoms with E-state index in [0.717, 1.165) is 24.5 Å². The molecule has 2 nitrogen and oxygen atoms in total. The third-order valence-corrected chi connectivity index (χ3v) is 2.12. The Morgan fingerprint density at radius 2 is 1.92 bits per heavy atom. The van der Waals surface area contributed by atoms with Gasteiger partial charge in [-0.1, -0.05) is 13.8 Å². The number of nitrogens with one attached hydrogen (secondary N) is 2. The maximum atomic E-state index is 5.11. The van der Waals surface area contributed by atoms with E-state index in [0.29, 0.717) is 0 Å². The number of rotatable bonds is 4.